The molecule has 31 heavy (non-hydrogen) atoms. The molecular formula is C20H16F3N3O5. The van der Waals surface area contributed by atoms with E-state index in [0.717, 1.165) is 6.20 Å². The number of nitrogens with zero attached hydrogens (tertiary/aromatic N) is 2. The SMILES string of the molecule is O=C1CCN2C[C@H](C1)n1cc(C(=O)NCc3c(F)cc(F)cc3F)c(=O)c(O)c1C2=O. The van der Waals surface area contributed by atoms with E-state index in [1.165, 1.54) is 9.47 Å². The highest BCUT2D eigenvalue weighted by Crippen LogP contribution is 2.30. The van der Waals surface area contributed by atoms with Gasteiger partial charge in [-0.15, -0.1) is 0 Å². The van der Waals surface area contributed by atoms with Gasteiger partial charge in [0.15, 0.2) is 11.4 Å². The zero-order valence-electron chi connectivity index (χ0n) is 16.0. The van der Waals surface area contributed by atoms with Gasteiger partial charge in [-0.3, -0.25) is 19.2 Å². The Morgan fingerprint density at radius 2 is 1.84 bits per heavy atom. The maximum absolute atomic E-state index is 13.8. The van der Waals surface area contributed by atoms with Crippen molar-refractivity contribution in [3.05, 3.63) is 62.8 Å². The lowest BCUT2D eigenvalue weighted by molar-refractivity contribution is -0.119. The van der Waals surface area contributed by atoms with Gasteiger partial charge in [0.2, 0.25) is 5.43 Å². The van der Waals surface area contributed by atoms with Crippen LogP contribution in [0.5, 0.6) is 5.75 Å². The van der Waals surface area contributed by atoms with Crippen LogP contribution in [0, 0.1) is 17.5 Å². The predicted octanol–water partition coefficient (Wildman–Crippen LogP) is 1.26. The molecule has 8 nitrogen and oxygen atoms in total. The van der Waals surface area contributed by atoms with Crippen molar-refractivity contribution in [3.8, 4) is 5.75 Å². The third kappa shape index (κ3) is 3.56. The van der Waals surface area contributed by atoms with Crippen LogP contribution in [0.3, 0.4) is 0 Å². The van der Waals surface area contributed by atoms with E-state index in [1.54, 1.807) is 0 Å². The van der Waals surface area contributed by atoms with Crippen LogP contribution in [0.15, 0.2) is 23.1 Å². The second kappa shape index (κ2) is 7.56. The van der Waals surface area contributed by atoms with E-state index in [4.69, 9.17) is 0 Å². The Balaban J connectivity index is 1.68. The molecule has 162 valence electrons. The molecule has 3 heterocycles. The molecule has 0 saturated carbocycles. The van der Waals surface area contributed by atoms with Crippen LogP contribution in [0.25, 0.3) is 0 Å². The molecule has 4 rings (SSSR count). The number of aromatic nitrogens is 1. The fourth-order valence-corrected chi connectivity index (χ4v) is 3.84. The monoisotopic (exact) mass is 435 g/mol. The molecule has 1 fully saturated rings. The summed E-state index contributed by atoms with van der Waals surface area (Å²) in [4.78, 5) is 51.1. The number of Topliss-reactive ketones (excluding diaryl/α,β-unsaturated/α-hetero) is 1. The molecule has 11 heteroatoms. The maximum atomic E-state index is 13.8. The number of fused-ring (bicyclic) bond motifs is 4. The zero-order chi connectivity index (χ0) is 22.4. The Morgan fingerprint density at radius 3 is 2.52 bits per heavy atom. The molecule has 0 aliphatic carbocycles. The highest BCUT2D eigenvalue weighted by molar-refractivity contribution is 5.99. The third-order valence-corrected chi connectivity index (χ3v) is 5.42. The molecule has 0 radical (unpaired) electrons. The molecular weight excluding hydrogens is 419 g/mol. The predicted molar refractivity (Wildman–Crippen MR) is 99.0 cm³/mol. The van der Waals surface area contributed by atoms with Gasteiger partial charge in [-0.2, -0.15) is 0 Å². The van der Waals surface area contributed by atoms with E-state index < -0.39 is 64.2 Å². The number of carbonyl (C=O) groups excluding carboxylic acids is 3. The first-order chi connectivity index (χ1) is 14.7. The smallest absolute Gasteiger partial charge is 0.274 e. The number of halogens is 3. The minimum absolute atomic E-state index is 0.0478. The standard InChI is InChI=1S/C20H16F3N3O5/c21-9-3-14(22)12(15(23)4-9)6-24-19(30)13-8-26-10-5-11(27)1-2-25(7-10)20(31)16(26)18(29)17(13)28/h3-4,8,10,29H,1-2,5-7H2,(H,24,30)/t10-/m0/s1. The van der Waals surface area contributed by atoms with Crippen molar-refractivity contribution >= 4 is 17.6 Å². The average molecular weight is 435 g/mol. The Labute approximate surface area is 172 Å². The number of aromatic hydroxyl groups is 1. The summed E-state index contributed by atoms with van der Waals surface area (Å²) in [5, 5.41) is 12.5. The average Bonchev–Trinajstić information content (AvgIpc) is 2.87. The molecule has 1 atom stereocenters. The van der Waals surface area contributed by atoms with E-state index in [2.05, 4.69) is 5.32 Å². The van der Waals surface area contributed by atoms with Gasteiger partial charge in [0.25, 0.3) is 11.8 Å². The van der Waals surface area contributed by atoms with Gasteiger partial charge in [-0.25, -0.2) is 13.2 Å². The summed E-state index contributed by atoms with van der Waals surface area (Å²) in [6, 6.07) is 0.322. The topological polar surface area (TPSA) is 109 Å². The summed E-state index contributed by atoms with van der Waals surface area (Å²) < 4.78 is 41.8. The molecule has 1 saturated heterocycles. The van der Waals surface area contributed by atoms with Gasteiger partial charge in [0.05, 0.1) is 6.04 Å². The molecule has 0 spiro atoms. The second-order valence-electron chi connectivity index (χ2n) is 7.40. The minimum Gasteiger partial charge on any atom is -0.503 e. The number of ketones is 1. The van der Waals surface area contributed by atoms with Crippen LogP contribution in [-0.2, 0) is 11.3 Å². The van der Waals surface area contributed by atoms with Gasteiger partial charge in [-0.1, -0.05) is 0 Å². The van der Waals surface area contributed by atoms with Crippen molar-refractivity contribution < 1.29 is 32.7 Å². The Kier molecular flexibility index (Phi) is 5.03. The third-order valence-electron chi connectivity index (χ3n) is 5.42. The molecule has 2 aliphatic heterocycles. The van der Waals surface area contributed by atoms with Gasteiger partial charge in [0, 0.05) is 56.4 Å². The summed E-state index contributed by atoms with van der Waals surface area (Å²) >= 11 is 0. The first-order valence-corrected chi connectivity index (χ1v) is 9.38. The van der Waals surface area contributed by atoms with Crippen molar-refractivity contribution in [1.29, 1.82) is 0 Å². The number of carbonyl (C=O) groups is 3. The highest BCUT2D eigenvalue weighted by Gasteiger charge is 2.38. The quantitative estimate of drug-likeness (QED) is 0.755. The van der Waals surface area contributed by atoms with E-state index >= 15 is 0 Å². The lowest BCUT2D eigenvalue weighted by atomic mass is 10.0. The van der Waals surface area contributed by atoms with E-state index in [0.29, 0.717) is 12.1 Å². The normalized spacial score (nSPS) is 17.9. The van der Waals surface area contributed by atoms with Gasteiger partial charge < -0.3 is 19.9 Å². The molecule has 2 amide bonds. The van der Waals surface area contributed by atoms with Crippen molar-refractivity contribution in [2.75, 3.05) is 13.1 Å². The fraction of sp³-hybridized carbons (Fsp3) is 0.300. The number of pyridine rings is 1. The van der Waals surface area contributed by atoms with Crippen LogP contribution < -0.4 is 10.7 Å². The number of benzene rings is 1. The molecule has 2 N–H and O–H groups in total. The van der Waals surface area contributed by atoms with Crippen LogP contribution in [0.1, 0.15) is 45.3 Å². The van der Waals surface area contributed by atoms with E-state index in [-0.39, 0.29) is 37.4 Å². The van der Waals surface area contributed by atoms with Crippen molar-refractivity contribution in [2.45, 2.75) is 25.4 Å². The van der Waals surface area contributed by atoms with Crippen molar-refractivity contribution in [1.82, 2.24) is 14.8 Å². The molecule has 0 unspecified atom stereocenters. The van der Waals surface area contributed by atoms with E-state index in [9.17, 15) is 37.5 Å². The highest BCUT2D eigenvalue weighted by atomic mass is 19.1. The minimum atomic E-state index is -1.22. The largest absolute Gasteiger partial charge is 0.503 e. The van der Waals surface area contributed by atoms with Crippen molar-refractivity contribution in [2.24, 2.45) is 0 Å². The molecule has 2 aliphatic rings. The molecule has 1 aromatic carbocycles. The fourth-order valence-electron chi connectivity index (χ4n) is 3.84. The Morgan fingerprint density at radius 1 is 1.16 bits per heavy atom. The number of rotatable bonds is 3. The van der Waals surface area contributed by atoms with Crippen LogP contribution in [0.2, 0.25) is 0 Å². The zero-order valence-corrected chi connectivity index (χ0v) is 16.0. The second-order valence-corrected chi connectivity index (χ2v) is 7.40. The molecule has 2 aromatic rings. The van der Waals surface area contributed by atoms with Crippen LogP contribution in [0.4, 0.5) is 13.2 Å². The number of amides is 2. The summed E-state index contributed by atoms with van der Waals surface area (Å²) in [7, 11) is 0. The van der Waals surface area contributed by atoms with Crippen LogP contribution >= 0.6 is 0 Å². The van der Waals surface area contributed by atoms with Crippen LogP contribution in [-0.4, -0.2) is 45.3 Å². The maximum Gasteiger partial charge on any atom is 0.274 e. The summed E-state index contributed by atoms with van der Waals surface area (Å²) in [6.45, 7) is -0.348. The van der Waals surface area contributed by atoms with E-state index in [1.807, 2.05) is 0 Å². The van der Waals surface area contributed by atoms with Gasteiger partial charge >= 0.3 is 0 Å². The summed E-state index contributed by atoms with van der Waals surface area (Å²) in [5.74, 6) is -6.31. The number of nitrogens with one attached hydrogen (secondary N) is 1. The Hall–Kier alpha value is -3.63. The Bertz CT molecular complexity index is 1170. The lowest BCUT2D eigenvalue weighted by Crippen LogP contribution is -2.44. The first kappa shape index (κ1) is 20.6. The number of hydrogen-bond acceptors (Lipinski definition) is 5. The lowest BCUT2D eigenvalue weighted by Gasteiger charge is -2.34. The van der Waals surface area contributed by atoms with Gasteiger partial charge in [-0.05, 0) is 0 Å². The summed E-state index contributed by atoms with van der Waals surface area (Å²) in [5.41, 5.74) is -2.63. The number of hydrogen-bond donors (Lipinski definition) is 2. The van der Waals surface area contributed by atoms with Gasteiger partial charge in [0.1, 0.15) is 28.8 Å². The summed E-state index contributed by atoms with van der Waals surface area (Å²) in [6.07, 6.45) is 1.25. The first-order valence-electron chi connectivity index (χ1n) is 9.38. The molecule has 1 aromatic heterocycles. The molecule has 2 bridgehead atoms. The van der Waals surface area contributed by atoms with Crippen molar-refractivity contribution in [3.63, 3.8) is 0 Å².